The number of carbonyl (C=O) groups is 1. The zero-order chi connectivity index (χ0) is 16.7. The minimum atomic E-state index is -0.421. The van der Waals surface area contributed by atoms with Crippen molar-refractivity contribution < 1.29 is 4.79 Å². The predicted molar refractivity (Wildman–Crippen MR) is 94.9 cm³/mol. The smallest absolute Gasteiger partial charge is 0.227 e. The lowest BCUT2D eigenvalue weighted by molar-refractivity contribution is -0.131. The molecule has 2 rings (SSSR count). The van der Waals surface area contributed by atoms with Gasteiger partial charge in [0.2, 0.25) is 5.91 Å². The van der Waals surface area contributed by atoms with Gasteiger partial charge in [0.25, 0.3) is 0 Å². The van der Waals surface area contributed by atoms with E-state index >= 15 is 0 Å². The van der Waals surface area contributed by atoms with Crippen LogP contribution < -0.4 is 11.1 Å². The van der Waals surface area contributed by atoms with Crippen LogP contribution in [0.3, 0.4) is 0 Å². The number of nitrogens with one attached hydrogen (secondary N) is 1. The summed E-state index contributed by atoms with van der Waals surface area (Å²) in [5.74, 6) is 0.0751. The van der Waals surface area contributed by atoms with Crippen LogP contribution >= 0.6 is 0 Å². The predicted octanol–water partition coefficient (Wildman–Crippen LogP) is 2.66. The molecule has 4 nitrogen and oxygen atoms in total. The Morgan fingerprint density at radius 2 is 1.70 bits per heavy atom. The van der Waals surface area contributed by atoms with Gasteiger partial charge in [-0.1, -0.05) is 38.1 Å². The fourth-order valence-corrected chi connectivity index (χ4v) is 3.28. The molecular weight excluding hydrogens is 286 g/mol. The van der Waals surface area contributed by atoms with Crippen LogP contribution in [0.15, 0.2) is 24.3 Å². The van der Waals surface area contributed by atoms with Crippen LogP contribution in [0.1, 0.15) is 50.7 Å². The third kappa shape index (κ3) is 4.55. The van der Waals surface area contributed by atoms with Gasteiger partial charge in [-0.15, -0.1) is 0 Å². The Balaban J connectivity index is 1.87. The molecule has 3 N–H and O–H groups in total. The summed E-state index contributed by atoms with van der Waals surface area (Å²) in [6, 6.07) is 8.59. The maximum atomic E-state index is 12.4. The molecule has 128 valence electrons. The topological polar surface area (TPSA) is 58.4 Å². The van der Waals surface area contributed by atoms with Crippen molar-refractivity contribution in [2.75, 3.05) is 19.6 Å². The Morgan fingerprint density at radius 1 is 1.13 bits per heavy atom. The summed E-state index contributed by atoms with van der Waals surface area (Å²) in [7, 11) is 0. The lowest BCUT2D eigenvalue weighted by Gasteiger charge is -2.28. The quantitative estimate of drug-likeness (QED) is 0.775. The van der Waals surface area contributed by atoms with E-state index < -0.39 is 5.41 Å². The number of hydrogen-bond acceptors (Lipinski definition) is 3. The van der Waals surface area contributed by atoms with E-state index in [-0.39, 0.29) is 5.91 Å². The SMILES string of the molecule is CCC(CC)(CN)C(=O)NCc1ccc(CN2CCCC2)cc1. The molecule has 0 atom stereocenters. The van der Waals surface area contributed by atoms with Crippen LogP contribution in [0.5, 0.6) is 0 Å². The molecule has 1 saturated heterocycles. The Labute approximate surface area is 140 Å². The molecular formula is C19H31N3O. The van der Waals surface area contributed by atoms with Crippen molar-refractivity contribution in [3.05, 3.63) is 35.4 Å². The summed E-state index contributed by atoms with van der Waals surface area (Å²) < 4.78 is 0. The third-order valence-corrected chi connectivity index (χ3v) is 5.31. The molecule has 23 heavy (non-hydrogen) atoms. The molecule has 0 radical (unpaired) electrons. The first-order valence-electron chi connectivity index (χ1n) is 8.92. The second kappa shape index (κ2) is 8.46. The highest BCUT2D eigenvalue weighted by Gasteiger charge is 2.32. The standard InChI is InChI=1S/C19H31N3O/c1-3-19(4-2,15-20)18(23)21-13-16-7-9-17(10-8-16)14-22-11-5-6-12-22/h7-10H,3-6,11-15,20H2,1-2H3,(H,21,23). The second-order valence-electron chi connectivity index (χ2n) is 6.67. The summed E-state index contributed by atoms with van der Waals surface area (Å²) in [6.07, 6.45) is 4.20. The molecule has 4 heteroatoms. The van der Waals surface area contributed by atoms with Crippen molar-refractivity contribution in [1.82, 2.24) is 10.2 Å². The minimum absolute atomic E-state index is 0.0751. The van der Waals surface area contributed by atoms with E-state index in [2.05, 4.69) is 34.5 Å². The molecule has 0 spiro atoms. The minimum Gasteiger partial charge on any atom is -0.352 e. The number of nitrogens with two attached hydrogens (primary N) is 1. The van der Waals surface area contributed by atoms with Gasteiger partial charge >= 0.3 is 0 Å². The summed E-state index contributed by atoms with van der Waals surface area (Å²) in [5, 5.41) is 3.06. The van der Waals surface area contributed by atoms with Gasteiger partial charge in [-0.2, -0.15) is 0 Å². The van der Waals surface area contributed by atoms with E-state index in [9.17, 15) is 4.79 Å². The zero-order valence-corrected chi connectivity index (χ0v) is 14.6. The van der Waals surface area contributed by atoms with Gasteiger partial charge < -0.3 is 11.1 Å². The summed E-state index contributed by atoms with van der Waals surface area (Å²) >= 11 is 0. The van der Waals surface area contributed by atoms with Crippen molar-refractivity contribution in [3.63, 3.8) is 0 Å². The normalized spacial score (nSPS) is 15.8. The van der Waals surface area contributed by atoms with E-state index in [1.54, 1.807) is 0 Å². The number of amides is 1. The average molecular weight is 317 g/mol. The van der Waals surface area contributed by atoms with Gasteiger partial charge in [-0.05, 0) is 49.9 Å². The van der Waals surface area contributed by atoms with Crippen LogP contribution in [-0.2, 0) is 17.9 Å². The fraction of sp³-hybridized carbons (Fsp3) is 0.632. The maximum Gasteiger partial charge on any atom is 0.227 e. The van der Waals surface area contributed by atoms with Crippen LogP contribution in [0.2, 0.25) is 0 Å². The zero-order valence-electron chi connectivity index (χ0n) is 14.6. The highest BCUT2D eigenvalue weighted by molar-refractivity contribution is 5.82. The monoisotopic (exact) mass is 317 g/mol. The molecule has 1 heterocycles. The summed E-state index contributed by atoms with van der Waals surface area (Å²) in [4.78, 5) is 14.9. The third-order valence-electron chi connectivity index (χ3n) is 5.31. The number of carbonyl (C=O) groups excluding carboxylic acids is 1. The van der Waals surface area contributed by atoms with Crippen molar-refractivity contribution in [3.8, 4) is 0 Å². The van der Waals surface area contributed by atoms with Crippen molar-refractivity contribution in [2.24, 2.45) is 11.1 Å². The molecule has 0 saturated carbocycles. The van der Waals surface area contributed by atoms with Gasteiger partial charge in [-0.3, -0.25) is 9.69 Å². The Kier molecular flexibility index (Phi) is 6.60. The largest absolute Gasteiger partial charge is 0.352 e. The number of nitrogens with zero attached hydrogens (tertiary/aromatic N) is 1. The first-order chi connectivity index (χ1) is 11.1. The first-order valence-corrected chi connectivity index (χ1v) is 8.92. The number of benzene rings is 1. The van der Waals surface area contributed by atoms with E-state index in [1.165, 1.54) is 31.5 Å². The van der Waals surface area contributed by atoms with Crippen LogP contribution in [0.4, 0.5) is 0 Å². The molecule has 0 aliphatic carbocycles. The summed E-state index contributed by atoms with van der Waals surface area (Å²) in [6.45, 7) is 8.51. The highest BCUT2D eigenvalue weighted by Crippen LogP contribution is 2.25. The number of hydrogen-bond donors (Lipinski definition) is 2. The van der Waals surface area contributed by atoms with Gasteiger partial charge in [0, 0.05) is 19.6 Å². The molecule has 1 aromatic rings. The molecule has 0 unspecified atom stereocenters. The molecule has 1 fully saturated rings. The molecule has 1 aliphatic rings. The lowest BCUT2D eigenvalue weighted by Crippen LogP contribution is -2.45. The molecule has 1 amide bonds. The number of rotatable bonds is 8. The summed E-state index contributed by atoms with van der Waals surface area (Å²) in [5.41, 5.74) is 7.90. The van der Waals surface area contributed by atoms with Gasteiger partial charge in [-0.25, -0.2) is 0 Å². The lowest BCUT2D eigenvalue weighted by atomic mass is 9.81. The fourth-order valence-electron chi connectivity index (χ4n) is 3.28. The van der Waals surface area contributed by atoms with Gasteiger partial charge in [0.05, 0.1) is 5.41 Å². The van der Waals surface area contributed by atoms with Gasteiger partial charge in [0.1, 0.15) is 0 Å². The molecule has 1 aromatic carbocycles. The number of likely N-dealkylation sites (tertiary alicyclic amines) is 1. The van der Waals surface area contributed by atoms with Crippen LogP contribution in [-0.4, -0.2) is 30.4 Å². The molecule has 0 bridgehead atoms. The first kappa shape index (κ1) is 18.0. The molecule has 1 aliphatic heterocycles. The van der Waals surface area contributed by atoms with E-state index in [1.807, 2.05) is 13.8 Å². The van der Waals surface area contributed by atoms with Gasteiger partial charge in [0.15, 0.2) is 0 Å². The average Bonchev–Trinajstić information content (AvgIpc) is 3.09. The Morgan fingerprint density at radius 3 is 2.22 bits per heavy atom. The molecule has 0 aromatic heterocycles. The van der Waals surface area contributed by atoms with E-state index in [0.717, 1.165) is 24.9 Å². The Hall–Kier alpha value is -1.39. The van der Waals surface area contributed by atoms with Crippen LogP contribution in [0, 0.1) is 5.41 Å². The Bertz CT molecular complexity index is 480. The van der Waals surface area contributed by atoms with E-state index in [4.69, 9.17) is 5.73 Å². The van der Waals surface area contributed by atoms with Crippen LogP contribution in [0.25, 0.3) is 0 Å². The highest BCUT2D eigenvalue weighted by atomic mass is 16.2. The maximum absolute atomic E-state index is 12.4. The van der Waals surface area contributed by atoms with Crippen molar-refractivity contribution in [2.45, 2.75) is 52.6 Å². The van der Waals surface area contributed by atoms with Crippen molar-refractivity contribution >= 4 is 5.91 Å². The van der Waals surface area contributed by atoms with Crippen molar-refractivity contribution in [1.29, 1.82) is 0 Å². The van der Waals surface area contributed by atoms with E-state index in [0.29, 0.717) is 13.1 Å². The second-order valence-corrected chi connectivity index (χ2v) is 6.67.